The molecule has 0 atom stereocenters. The number of nitrogens with one attached hydrogen (secondary N) is 1. The number of hydrogen-bond acceptors (Lipinski definition) is 3. The van der Waals surface area contributed by atoms with Crippen molar-refractivity contribution in [1.29, 1.82) is 0 Å². The maximum atomic E-state index is 13.0. The Bertz CT molecular complexity index is 1020. The first-order chi connectivity index (χ1) is 13.5. The van der Waals surface area contributed by atoms with Gasteiger partial charge in [0.25, 0.3) is 0 Å². The largest absolute Gasteiger partial charge is 0.497 e. The highest BCUT2D eigenvalue weighted by Gasteiger charge is 2.43. The molecular weight excluding hydrogens is 350 g/mol. The molecule has 2 heterocycles. The molecule has 0 saturated heterocycles. The molecule has 0 unspecified atom stereocenters. The van der Waals surface area contributed by atoms with Crippen LogP contribution in [0.15, 0.2) is 36.4 Å². The Morgan fingerprint density at radius 1 is 1.14 bits per heavy atom. The number of hydrogen-bond donors (Lipinski definition) is 1. The quantitative estimate of drug-likeness (QED) is 0.611. The number of aromatic amines is 1. The van der Waals surface area contributed by atoms with Crippen molar-refractivity contribution < 1.29 is 9.53 Å². The lowest BCUT2D eigenvalue weighted by atomic mass is 9.86. The van der Waals surface area contributed by atoms with Gasteiger partial charge in [0.2, 0.25) is 5.91 Å². The summed E-state index contributed by atoms with van der Waals surface area (Å²) < 4.78 is 5.23. The normalized spacial score (nSPS) is 15.3. The molecule has 1 aromatic heterocycles. The van der Waals surface area contributed by atoms with E-state index in [0.717, 1.165) is 65.2 Å². The Labute approximate surface area is 165 Å². The summed E-state index contributed by atoms with van der Waals surface area (Å²) in [5.74, 6) is 1.83. The average Bonchev–Trinajstić information content (AvgIpc) is 3.19. The van der Waals surface area contributed by atoms with Crippen LogP contribution in [0.25, 0.3) is 22.4 Å². The molecule has 0 aliphatic carbocycles. The minimum absolute atomic E-state index is 0.182. The van der Waals surface area contributed by atoms with E-state index >= 15 is 0 Å². The third-order valence-corrected chi connectivity index (χ3v) is 5.69. The highest BCUT2D eigenvalue weighted by Crippen LogP contribution is 2.43. The number of H-pyrrole nitrogens is 1. The molecule has 1 aliphatic heterocycles. The number of aromatic nitrogens is 2. The second-order valence-electron chi connectivity index (χ2n) is 7.99. The zero-order valence-corrected chi connectivity index (χ0v) is 17.0. The fourth-order valence-corrected chi connectivity index (χ4v) is 3.96. The number of methoxy groups -OCH3 is 1. The lowest BCUT2D eigenvalue weighted by Gasteiger charge is -2.20. The number of ether oxygens (including phenoxy) is 1. The fraction of sp³-hybridized carbons (Fsp3) is 0.391. The van der Waals surface area contributed by atoms with Gasteiger partial charge in [-0.3, -0.25) is 4.79 Å². The van der Waals surface area contributed by atoms with E-state index in [1.165, 1.54) is 0 Å². The number of carbonyl (C=O) groups is 1. The standard InChI is InChI=1S/C23H27N3O2/c1-5-6-7-12-26-20-14-19-18(13-17(20)23(2,3)22(26)27)24-21(25-19)15-8-10-16(28-4)11-9-15/h8-11,13-14H,5-7,12H2,1-4H3,(H,24,25). The number of nitrogens with zero attached hydrogens (tertiary/aromatic N) is 2. The number of fused-ring (bicyclic) bond motifs is 2. The summed E-state index contributed by atoms with van der Waals surface area (Å²) in [6, 6.07) is 12.0. The van der Waals surface area contributed by atoms with Crippen LogP contribution >= 0.6 is 0 Å². The molecular formula is C23H27N3O2. The van der Waals surface area contributed by atoms with Gasteiger partial charge in [-0.25, -0.2) is 4.98 Å². The maximum absolute atomic E-state index is 13.0. The summed E-state index contributed by atoms with van der Waals surface area (Å²) in [7, 11) is 1.66. The van der Waals surface area contributed by atoms with Gasteiger partial charge in [0, 0.05) is 12.1 Å². The number of rotatable bonds is 6. The van der Waals surface area contributed by atoms with Gasteiger partial charge in [-0.15, -0.1) is 0 Å². The SMILES string of the molecule is CCCCCN1C(=O)C(C)(C)c2cc3[nH]c(-c4ccc(OC)cc4)nc3cc21. The molecule has 0 fully saturated rings. The van der Waals surface area contributed by atoms with Crippen LogP contribution in [0.3, 0.4) is 0 Å². The van der Waals surface area contributed by atoms with E-state index in [0.29, 0.717) is 0 Å². The Hall–Kier alpha value is -2.82. The highest BCUT2D eigenvalue weighted by atomic mass is 16.5. The van der Waals surface area contributed by atoms with Gasteiger partial charge in [-0.1, -0.05) is 19.8 Å². The van der Waals surface area contributed by atoms with Crippen molar-refractivity contribution in [3.63, 3.8) is 0 Å². The molecule has 0 spiro atoms. The molecule has 2 aromatic carbocycles. The molecule has 1 aliphatic rings. The van der Waals surface area contributed by atoms with Crippen LogP contribution in [0.1, 0.15) is 45.6 Å². The van der Waals surface area contributed by atoms with Crippen molar-refractivity contribution >= 4 is 22.6 Å². The van der Waals surface area contributed by atoms with Gasteiger partial charge < -0.3 is 14.6 Å². The first-order valence-electron chi connectivity index (χ1n) is 9.96. The van der Waals surface area contributed by atoms with Crippen molar-refractivity contribution in [1.82, 2.24) is 9.97 Å². The van der Waals surface area contributed by atoms with Crippen LogP contribution in [0.4, 0.5) is 5.69 Å². The summed E-state index contributed by atoms with van der Waals surface area (Å²) >= 11 is 0. The molecule has 0 saturated carbocycles. The maximum Gasteiger partial charge on any atom is 0.237 e. The number of amides is 1. The molecule has 0 radical (unpaired) electrons. The van der Waals surface area contributed by atoms with E-state index < -0.39 is 5.41 Å². The molecule has 1 N–H and O–H groups in total. The van der Waals surface area contributed by atoms with E-state index in [4.69, 9.17) is 9.72 Å². The van der Waals surface area contributed by atoms with Crippen LogP contribution in [0.5, 0.6) is 5.75 Å². The fourth-order valence-electron chi connectivity index (χ4n) is 3.96. The Morgan fingerprint density at radius 3 is 2.57 bits per heavy atom. The first-order valence-corrected chi connectivity index (χ1v) is 9.96. The van der Waals surface area contributed by atoms with Crippen molar-refractivity contribution in [2.24, 2.45) is 0 Å². The van der Waals surface area contributed by atoms with E-state index in [-0.39, 0.29) is 5.91 Å². The summed E-state index contributed by atoms with van der Waals surface area (Å²) in [6.07, 6.45) is 3.29. The second kappa shape index (κ2) is 6.97. The number of unbranched alkanes of at least 4 members (excludes halogenated alkanes) is 2. The third-order valence-electron chi connectivity index (χ3n) is 5.69. The van der Waals surface area contributed by atoms with Crippen LogP contribution in [0, 0.1) is 0 Å². The lowest BCUT2D eigenvalue weighted by molar-refractivity contribution is -0.122. The van der Waals surface area contributed by atoms with E-state index in [9.17, 15) is 4.79 Å². The summed E-state index contributed by atoms with van der Waals surface area (Å²) in [5, 5.41) is 0. The van der Waals surface area contributed by atoms with Crippen LogP contribution in [0.2, 0.25) is 0 Å². The van der Waals surface area contributed by atoms with Gasteiger partial charge >= 0.3 is 0 Å². The van der Waals surface area contributed by atoms with E-state index in [2.05, 4.69) is 24.0 Å². The van der Waals surface area contributed by atoms with Gasteiger partial charge in [0.05, 0.1) is 29.2 Å². The van der Waals surface area contributed by atoms with Gasteiger partial charge in [-0.05, 0) is 62.2 Å². The van der Waals surface area contributed by atoms with E-state index in [1.54, 1.807) is 7.11 Å². The molecule has 28 heavy (non-hydrogen) atoms. The minimum atomic E-state index is -0.513. The summed E-state index contributed by atoms with van der Waals surface area (Å²) in [6.45, 7) is 6.98. The highest BCUT2D eigenvalue weighted by molar-refractivity contribution is 6.09. The lowest BCUT2D eigenvalue weighted by Crippen LogP contribution is -2.36. The summed E-state index contributed by atoms with van der Waals surface area (Å²) in [5.41, 5.74) is 4.42. The molecule has 0 bridgehead atoms. The van der Waals surface area contributed by atoms with Crippen LogP contribution < -0.4 is 9.64 Å². The van der Waals surface area contributed by atoms with Crippen molar-refractivity contribution in [3.05, 3.63) is 42.0 Å². The third kappa shape index (κ3) is 2.95. The topological polar surface area (TPSA) is 58.2 Å². The Kier molecular flexibility index (Phi) is 4.61. The monoisotopic (exact) mass is 377 g/mol. The molecule has 4 rings (SSSR count). The number of benzene rings is 2. The zero-order chi connectivity index (χ0) is 19.9. The first kappa shape index (κ1) is 18.5. The van der Waals surface area contributed by atoms with Gasteiger partial charge in [-0.2, -0.15) is 0 Å². The number of anilines is 1. The zero-order valence-electron chi connectivity index (χ0n) is 17.0. The molecule has 1 amide bonds. The van der Waals surface area contributed by atoms with Gasteiger partial charge in [0.15, 0.2) is 0 Å². The Morgan fingerprint density at radius 2 is 1.89 bits per heavy atom. The second-order valence-corrected chi connectivity index (χ2v) is 7.99. The predicted octanol–water partition coefficient (Wildman–Crippen LogP) is 5.05. The molecule has 5 heteroatoms. The van der Waals surface area contributed by atoms with Crippen LogP contribution in [-0.4, -0.2) is 29.5 Å². The molecule has 3 aromatic rings. The number of imidazole rings is 1. The molecule has 5 nitrogen and oxygen atoms in total. The van der Waals surface area contributed by atoms with Gasteiger partial charge in [0.1, 0.15) is 11.6 Å². The Balaban J connectivity index is 1.75. The molecule has 146 valence electrons. The number of carbonyl (C=O) groups excluding carboxylic acids is 1. The van der Waals surface area contributed by atoms with Crippen molar-refractivity contribution in [2.75, 3.05) is 18.6 Å². The average molecular weight is 377 g/mol. The van der Waals surface area contributed by atoms with Crippen molar-refractivity contribution in [2.45, 2.75) is 45.4 Å². The van der Waals surface area contributed by atoms with Crippen molar-refractivity contribution in [3.8, 4) is 17.1 Å². The smallest absolute Gasteiger partial charge is 0.237 e. The summed E-state index contributed by atoms with van der Waals surface area (Å²) in [4.78, 5) is 23.2. The minimum Gasteiger partial charge on any atom is -0.497 e. The predicted molar refractivity (Wildman–Crippen MR) is 113 cm³/mol. The van der Waals surface area contributed by atoms with E-state index in [1.807, 2.05) is 43.0 Å². The van der Waals surface area contributed by atoms with Crippen LogP contribution in [-0.2, 0) is 10.2 Å².